The smallest absolute Gasteiger partial charge is 0.416 e. The molecule has 0 saturated carbocycles. The van der Waals surface area contributed by atoms with Crippen molar-refractivity contribution in [1.82, 2.24) is 19.7 Å². The molecule has 0 atom stereocenters. The predicted octanol–water partition coefficient (Wildman–Crippen LogP) is -0.821. The minimum Gasteiger partial charge on any atom is -0.447 e. The van der Waals surface area contributed by atoms with Gasteiger partial charge in [0.15, 0.2) is 5.16 Å². The van der Waals surface area contributed by atoms with Gasteiger partial charge in [0, 0.05) is 7.05 Å². The van der Waals surface area contributed by atoms with Crippen molar-refractivity contribution in [3.63, 3.8) is 0 Å². The number of rotatable bonds is 3. The van der Waals surface area contributed by atoms with Crippen molar-refractivity contribution in [3.05, 3.63) is 10.5 Å². The van der Waals surface area contributed by atoms with Gasteiger partial charge in [-0.1, -0.05) is 11.8 Å². The molecular weight excluding hydrogens is 248 g/mol. The Bertz CT molecular complexity index is 508. The summed E-state index contributed by atoms with van der Waals surface area (Å²) in [6.45, 7) is 0.508. The topological polar surface area (TPSA) is 97.3 Å². The number of hydrogen-bond acceptors (Lipinski definition) is 6. The first kappa shape index (κ1) is 11.7. The number of carbonyl (C=O) groups excluding carboxylic acids is 2. The minimum atomic E-state index is -0.619. The van der Waals surface area contributed by atoms with Crippen LogP contribution in [0.15, 0.2) is 9.95 Å². The van der Waals surface area contributed by atoms with Gasteiger partial charge in [0.05, 0.1) is 12.3 Å². The molecule has 92 valence electrons. The molecule has 2 amide bonds. The average molecular weight is 258 g/mol. The summed E-state index contributed by atoms with van der Waals surface area (Å²) in [5, 5.41) is 6.39. The van der Waals surface area contributed by atoms with Crippen LogP contribution in [0.25, 0.3) is 0 Å². The zero-order valence-corrected chi connectivity index (χ0v) is 9.82. The van der Waals surface area contributed by atoms with E-state index in [1.165, 1.54) is 4.57 Å². The highest BCUT2D eigenvalue weighted by Gasteiger charge is 2.28. The zero-order chi connectivity index (χ0) is 12.4. The number of nitrogens with zero attached hydrogens (tertiary/aromatic N) is 3. The summed E-state index contributed by atoms with van der Waals surface area (Å²) in [7, 11) is 1.54. The maximum Gasteiger partial charge on any atom is 0.416 e. The van der Waals surface area contributed by atoms with Crippen LogP contribution in [0.4, 0.5) is 4.79 Å². The molecule has 0 unspecified atom stereocenters. The Morgan fingerprint density at radius 1 is 1.59 bits per heavy atom. The fourth-order valence-corrected chi connectivity index (χ4v) is 2.08. The number of carbonyl (C=O) groups is 2. The monoisotopic (exact) mass is 258 g/mol. The molecule has 1 aliphatic heterocycles. The summed E-state index contributed by atoms with van der Waals surface area (Å²) in [4.78, 5) is 34.8. The van der Waals surface area contributed by atoms with E-state index >= 15 is 0 Å². The van der Waals surface area contributed by atoms with Crippen LogP contribution in [0.3, 0.4) is 0 Å². The SMILES string of the molecule is Cn1c(SCC(=O)N2CCOC2=O)n[nH]c1=O. The number of aromatic nitrogens is 3. The van der Waals surface area contributed by atoms with Crippen LogP contribution in [-0.2, 0) is 16.6 Å². The lowest BCUT2D eigenvalue weighted by molar-refractivity contribution is -0.125. The van der Waals surface area contributed by atoms with Crippen molar-refractivity contribution in [2.75, 3.05) is 18.9 Å². The van der Waals surface area contributed by atoms with Gasteiger partial charge in [0.1, 0.15) is 6.61 Å². The number of imide groups is 1. The minimum absolute atomic E-state index is 0.0350. The van der Waals surface area contributed by atoms with Crippen LogP contribution >= 0.6 is 11.8 Å². The molecule has 2 rings (SSSR count). The van der Waals surface area contributed by atoms with Crippen LogP contribution in [0.1, 0.15) is 0 Å². The van der Waals surface area contributed by atoms with Gasteiger partial charge < -0.3 is 4.74 Å². The van der Waals surface area contributed by atoms with E-state index in [1.807, 2.05) is 0 Å². The molecule has 8 nitrogen and oxygen atoms in total. The molecule has 2 heterocycles. The Kier molecular flexibility index (Phi) is 3.18. The van der Waals surface area contributed by atoms with Crippen LogP contribution < -0.4 is 5.69 Å². The lowest BCUT2D eigenvalue weighted by atomic mass is 10.5. The third-order valence-corrected chi connectivity index (χ3v) is 3.24. The number of aromatic amines is 1. The van der Waals surface area contributed by atoms with Crippen LogP contribution in [-0.4, -0.2) is 50.6 Å². The van der Waals surface area contributed by atoms with E-state index in [-0.39, 0.29) is 30.5 Å². The average Bonchev–Trinajstić information content (AvgIpc) is 2.85. The molecule has 0 spiro atoms. The first-order chi connectivity index (χ1) is 8.09. The molecular formula is C8H10N4O4S. The fraction of sp³-hybridized carbons (Fsp3) is 0.500. The Balaban J connectivity index is 1.94. The van der Waals surface area contributed by atoms with Gasteiger partial charge in [-0.2, -0.15) is 0 Å². The molecule has 0 radical (unpaired) electrons. The van der Waals surface area contributed by atoms with Crippen molar-refractivity contribution < 1.29 is 14.3 Å². The summed E-state index contributed by atoms with van der Waals surface area (Å²) < 4.78 is 5.94. The predicted molar refractivity (Wildman–Crippen MR) is 57.6 cm³/mol. The first-order valence-electron chi connectivity index (χ1n) is 4.81. The van der Waals surface area contributed by atoms with Crippen molar-refractivity contribution in [1.29, 1.82) is 0 Å². The van der Waals surface area contributed by atoms with Gasteiger partial charge >= 0.3 is 11.8 Å². The molecule has 1 saturated heterocycles. The maximum atomic E-state index is 11.6. The van der Waals surface area contributed by atoms with Crippen molar-refractivity contribution in [2.45, 2.75) is 5.16 Å². The Morgan fingerprint density at radius 2 is 2.35 bits per heavy atom. The number of amides is 2. The third kappa shape index (κ3) is 2.33. The van der Waals surface area contributed by atoms with E-state index < -0.39 is 6.09 Å². The highest BCUT2D eigenvalue weighted by molar-refractivity contribution is 7.99. The molecule has 0 aromatic carbocycles. The van der Waals surface area contributed by atoms with Gasteiger partial charge in [0.25, 0.3) is 0 Å². The number of H-pyrrole nitrogens is 1. The van der Waals surface area contributed by atoms with Crippen molar-refractivity contribution >= 4 is 23.8 Å². The number of cyclic esters (lactones) is 1. The van der Waals surface area contributed by atoms with Gasteiger partial charge in [-0.05, 0) is 0 Å². The third-order valence-electron chi connectivity index (χ3n) is 2.23. The van der Waals surface area contributed by atoms with E-state index in [9.17, 15) is 14.4 Å². The Morgan fingerprint density at radius 3 is 2.88 bits per heavy atom. The number of nitrogens with one attached hydrogen (secondary N) is 1. The number of thioether (sulfide) groups is 1. The second-order valence-corrected chi connectivity index (χ2v) is 4.26. The van der Waals surface area contributed by atoms with Crippen LogP contribution in [0.5, 0.6) is 0 Å². The molecule has 0 aliphatic carbocycles. The summed E-state index contributed by atoms with van der Waals surface area (Å²) in [6, 6.07) is 0. The van der Waals surface area contributed by atoms with Crippen LogP contribution in [0, 0.1) is 0 Å². The quantitative estimate of drug-likeness (QED) is 0.711. The van der Waals surface area contributed by atoms with Crippen molar-refractivity contribution in [3.8, 4) is 0 Å². The number of ether oxygens (including phenoxy) is 1. The lowest BCUT2D eigenvalue weighted by Gasteiger charge is -2.09. The summed E-state index contributed by atoms with van der Waals surface area (Å²) in [5.41, 5.74) is -0.347. The zero-order valence-electron chi connectivity index (χ0n) is 9.00. The normalized spacial score (nSPS) is 15.1. The summed E-state index contributed by atoms with van der Waals surface area (Å²) >= 11 is 1.09. The highest BCUT2D eigenvalue weighted by atomic mass is 32.2. The first-order valence-corrected chi connectivity index (χ1v) is 5.79. The van der Waals surface area contributed by atoms with Crippen molar-refractivity contribution in [2.24, 2.45) is 7.05 Å². The van der Waals surface area contributed by atoms with E-state index in [0.29, 0.717) is 5.16 Å². The molecule has 1 aromatic rings. The van der Waals surface area contributed by atoms with E-state index in [1.54, 1.807) is 7.05 Å². The number of hydrogen-bond donors (Lipinski definition) is 1. The van der Waals surface area contributed by atoms with E-state index in [0.717, 1.165) is 16.7 Å². The van der Waals surface area contributed by atoms with Gasteiger partial charge in [-0.15, -0.1) is 5.10 Å². The Hall–Kier alpha value is -1.77. The molecule has 1 aromatic heterocycles. The lowest BCUT2D eigenvalue weighted by Crippen LogP contribution is -2.33. The summed E-state index contributed by atoms with van der Waals surface area (Å²) in [6.07, 6.45) is -0.619. The second kappa shape index (κ2) is 4.62. The highest BCUT2D eigenvalue weighted by Crippen LogP contribution is 2.14. The van der Waals surface area contributed by atoms with Gasteiger partial charge in [-0.25, -0.2) is 19.6 Å². The van der Waals surface area contributed by atoms with E-state index in [2.05, 4.69) is 14.9 Å². The molecule has 0 bridgehead atoms. The molecule has 9 heteroatoms. The van der Waals surface area contributed by atoms with Crippen LogP contribution in [0.2, 0.25) is 0 Å². The molecule has 17 heavy (non-hydrogen) atoms. The maximum absolute atomic E-state index is 11.6. The second-order valence-electron chi connectivity index (χ2n) is 3.32. The fourth-order valence-electron chi connectivity index (χ4n) is 1.29. The molecule has 1 fully saturated rings. The largest absolute Gasteiger partial charge is 0.447 e. The van der Waals surface area contributed by atoms with Gasteiger partial charge in [-0.3, -0.25) is 9.36 Å². The van der Waals surface area contributed by atoms with E-state index in [4.69, 9.17) is 0 Å². The van der Waals surface area contributed by atoms with Gasteiger partial charge in [0.2, 0.25) is 5.91 Å². The standard InChI is InChI=1S/C8H10N4O4S/c1-11-6(14)9-10-7(11)17-4-5(13)12-2-3-16-8(12)15/h2-4H2,1H3,(H,9,14). The molecule has 1 aliphatic rings. The molecule has 1 N–H and O–H groups in total. The summed E-state index contributed by atoms with van der Waals surface area (Å²) in [5.74, 6) is -0.319. The Labute approximate surface area is 99.9 Å².